The lowest BCUT2D eigenvalue weighted by molar-refractivity contribution is 0.0983. The van der Waals surface area contributed by atoms with E-state index in [1.165, 1.54) is 22.3 Å². The molecule has 0 bridgehead atoms. The standard InChI is InChI=1S/C18H20O/c1-13-4-9-17(10-5-13)18(19)11-8-16-7-6-14(2)15(3)12-16/h4-7,9-10,12H,8,11H2,1-3H3. The van der Waals surface area contributed by atoms with Gasteiger partial charge in [0, 0.05) is 12.0 Å². The van der Waals surface area contributed by atoms with Crippen molar-refractivity contribution in [2.75, 3.05) is 0 Å². The molecule has 0 aliphatic heterocycles. The molecule has 0 spiro atoms. The number of carbonyl (C=O) groups is 1. The van der Waals surface area contributed by atoms with E-state index in [-0.39, 0.29) is 5.78 Å². The Labute approximate surface area is 115 Å². The number of benzene rings is 2. The number of Topliss-reactive ketones (excluding diaryl/α,β-unsaturated/α-hetero) is 1. The van der Waals surface area contributed by atoms with Crippen molar-refractivity contribution in [1.29, 1.82) is 0 Å². The lowest BCUT2D eigenvalue weighted by Gasteiger charge is -2.05. The first-order chi connectivity index (χ1) is 9.06. The molecule has 0 heterocycles. The quantitative estimate of drug-likeness (QED) is 0.736. The van der Waals surface area contributed by atoms with Crippen LogP contribution in [0, 0.1) is 20.8 Å². The molecule has 0 aliphatic rings. The second-order valence-corrected chi connectivity index (χ2v) is 5.21. The molecule has 1 heteroatoms. The summed E-state index contributed by atoms with van der Waals surface area (Å²) in [5.74, 6) is 0.221. The molecule has 0 amide bonds. The maximum atomic E-state index is 12.1. The number of hydrogen-bond donors (Lipinski definition) is 0. The monoisotopic (exact) mass is 252 g/mol. The van der Waals surface area contributed by atoms with Gasteiger partial charge in [-0.2, -0.15) is 0 Å². The molecule has 0 N–H and O–H groups in total. The summed E-state index contributed by atoms with van der Waals surface area (Å²) < 4.78 is 0. The highest BCUT2D eigenvalue weighted by molar-refractivity contribution is 5.96. The molecule has 2 rings (SSSR count). The predicted octanol–water partition coefficient (Wildman–Crippen LogP) is 4.43. The molecule has 19 heavy (non-hydrogen) atoms. The van der Waals surface area contributed by atoms with Crippen LogP contribution in [0.2, 0.25) is 0 Å². The number of aryl methyl sites for hydroxylation is 4. The van der Waals surface area contributed by atoms with E-state index in [0.717, 1.165) is 12.0 Å². The van der Waals surface area contributed by atoms with Crippen molar-refractivity contribution < 1.29 is 4.79 Å². The van der Waals surface area contributed by atoms with Crippen LogP contribution in [-0.4, -0.2) is 5.78 Å². The van der Waals surface area contributed by atoms with Gasteiger partial charge in [0.2, 0.25) is 0 Å². The van der Waals surface area contributed by atoms with Crippen LogP contribution in [0.4, 0.5) is 0 Å². The fraction of sp³-hybridized carbons (Fsp3) is 0.278. The van der Waals surface area contributed by atoms with Crippen molar-refractivity contribution in [3.8, 4) is 0 Å². The van der Waals surface area contributed by atoms with Crippen LogP contribution >= 0.6 is 0 Å². The first kappa shape index (κ1) is 13.5. The van der Waals surface area contributed by atoms with Crippen molar-refractivity contribution in [3.63, 3.8) is 0 Å². The van der Waals surface area contributed by atoms with Crippen LogP contribution < -0.4 is 0 Å². The van der Waals surface area contributed by atoms with Gasteiger partial charge in [-0.05, 0) is 43.9 Å². The second kappa shape index (κ2) is 5.83. The fourth-order valence-electron chi connectivity index (χ4n) is 2.10. The minimum atomic E-state index is 0.221. The third-order valence-corrected chi connectivity index (χ3v) is 3.59. The Balaban J connectivity index is 2.00. The maximum Gasteiger partial charge on any atom is 0.163 e. The lowest BCUT2D eigenvalue weighted by atomic mass is 9.99. The van der Waals surface area contributed by atoms with Gasteiger partial charge in [-0.15, -0.1) is 0 Å². The zero-order valence-corrected chi connectivity index (χ0v) is 11.9. The van der Waals surface area contributed by atoms with Gasteiger partial charge in [0.25, 0.3) is 0 Å². The van der Waals surface area contributed by atoms with E-state index in [0.29, 0.717) is 6.42 Å². The van der Waals surface area contributed by atoms with E-state index in [4.69, 9.17) is 0 Å². The topological polar surface area (TPSA) is 17.1 Å². The van der Waals surface area contributed by atoms with Crippen molar-refractivity contribution in [2.24, 2.45) is 0 Å². The molecule has 0 unspecified atom stereocenters. The molecule has 0 fully saturated rings. The number of carbonyl (C=O) groups excluding carboxylic acids is 1. The highest BCUT2D eigenvalue weighted by Gasteiger charge is 2.06. The zero-order valence-electron chi connectivity index (χ0n) is 11.9. The maximum absolute atomic E-state index is 12.1. The Bertz CT molecular complexity index is 579. The van der Waals surface area contributed by atoms with Crippen LogP contribution in [0.5, 0.6) is 0 Å². The van der Waals surface area contributed by atoms with E-state index < -0.39 is 0 Å². The van der Waals surface area contributed by atoms with Gasteiger partial charge >= 0.3 is 0 Å². The first-order valence-electron chi connectivity index (χ1n) is 6.72. The molecule has 0 aromatic heterocycles. The Morgan fingerprint density at radius 3 is 2.21 bits per heavy atom. The molecule has 0 atom stereocenters. The number of hydrogen-bond acceptors (Lipinski definition) is 1. The third kappa shape index (κ3) is 3.54. The van der Waals surface area contributed by atoms with Gasteiger partial charge < -0.3 is 0 Å². The third-order valence-electron chi connectivity index (χ3n) is 3.59. The largest absolute Gasteiger partial charge is 0.294 e. The van der Waals surface area contributed by atoms with E-state index in [9.17, 15) is 4.79 Å². The van der Waals surface area contributed by atoms with Crippen LogP contribution in [0.1, 0.15) is 39.0 Å². The molecule has 0 saturated heterocycles. The first-order valence-corrected chi connectivity index (χ1v) is 6.72. The van der Waals surface area contributed by atoms with Crippen molar-refractivity contribution in [3.05, 3.63) is 70.3 Å². The summed E-state index contributed by atoms with van der Waals surface area (Å²) in [5.41, 5.74) is 5.83. The van der Waals surface area contributed by atoms with Gasteiger partial charge in [0.15, 0.2) is 5.78 Å². The Morgan fingerprint density at radius 1 is 0.895 bits per heavy atom. The van der Waals surface area contributed by atoms with Gasteiger partial charge in [0.05, 0.1) is 0 Å². The van der Waals surface area contributed by atoms with E-state index in [2.05, 4.69) is 32.0 Å². The zero-order chi connectivity index (χ0) is 13.8. The van der Waals surface area contributed by atoms with Crippen molar-refractivity contribution in [1.82, 2.24) is 0 Å². The summed E-state index contributed by atoms with van der Waals surface area (Å²) in [6.45, 7) is 6.25. The molecule has 2 aromatic carbocycles. The summed E-state index contributed by atoms with van der Waals surface area (Å²) in [5, 5.41) is 0. The van der Waals surface area contributed by atoms with Crippen molar-refractivity contribution >= 4 is 5.78 Å². The van der Waals surface area contributed by atoms with E-state index in [1.807, 2.05) is 31.2 Å². The average Bonchev–Trinajstić information content (AvgIpc) is 2.40. The Hall–Kier alpha value is -1.89. The fourth-order valence-corrected chi connectivity index (χ4v) is 2.10. The number of ketones is 1. The smallest absolute Gasteiger partial charge is 0.163 e. The number of rotatable bonds is 4. The van der Waals surface area contributed by atoms with Gasteiger partial charge in [0.1, 0.15) is 0 Å². The highest BCUT2D eigenvalue weighted by Crippen LogP contribution is 2.13. The van der Waals surface area contributed by atoms with Crippen LogP contribution in [0.15, 0.2) is 42.5 Å². The van der Waals surface area contributed by atoms with Crippen LogP contribution in [0.3, 0.4) is 0 Å². The van der Waals surface area contributed by atoms with Gasteiger partial charge in [-0.25, -0.2) is 0 Å². The molecule has 0 aliphatic carbocycles. The normalized spacial score (nSPS) is 10.5. The van der Waals surface area contributed by atoms with E-state index >= 15 is 0 Å². The minimum Gasteiger partial charge on any atom is -0.294 e. The van der Waals surface area contributed by atoms with Crippen LogP contribution in [0.25, 0.3) is 0 Å². The van der Waals surface area contributed by atoms with Crippen LogP contribution in [-0.2, 0) is 6.42 Å². The second-order valence-electron chi connectivity index (χ2n) is 5.21. The molecule has 1 nitrogen and oxygen atoms in total. The molecule has 98 valence electrons. The predicted molar refractivity (Wildman–Crippen MR) is 79.7 cm³/mol. The SMILES string of the molecule is Cc1ccc(C(=O)CCc2ccc(C)c(C)c2)cc1. The Kier molecular flexibility index (Phi) is 4.16. The molecule has 0 radical (unpaired) electrons. The molecular formula is C18H20O. The molecule has 0 saturated carbocycles. The van der Waals surface area contributed by atoms with Gasteiger partial charge in [-0.3, -0.25) is 4.79 Å². The lowest BCUT2D eigenvalue weighted by Crippen LogP contribution is -2.01. The molecular weight excluding hydrogens is 232 g/mol. The summed E-state index contributed by atoms with van der Waals surface area (Å²) in [7, 11) is 0. The highest BCUT2D eigenvalue weighted by atomic mass is 16.1. The Morgan fingerprint density at radius 2 is 1.58 bits per heavy atom. The summed E-state index contributed by atoms with van der Waals surface area (Å²) in [6.07, 6.45) is 1.39. The van der Waals surface area contributed by atoms with Crippen molar-refractivity contribution in [2.45, 2.75) is 33.6 Å². The average molecular weight is 252 g/mol. The summed E-state index contributed by atoms with van der Waals surface area (Å²) in [4.78, 5) is 12.1. The summed E-state index contributed by atoms with van der Waals surface area (Å²) in [6, 6.07) is 14.2. The van der Waals surface area contributed by atoms with Gasteiger partial charge in [-0.1, -0.05) is 48.0 Å². The van der Waals surface area contributed by atoms with E-state index in [1.54, 1.807) is 0 Å². The summed E-state index contributed by atoms with van der Waals surface area (Å²) >= 11 is 0. The molecule has 2 aromatic rings. The minimum absolute atomic E-state index is 0.221.